The summed E-state index contributed by atoms with van der Waals surface area (Å²) in [4.78, 5) is 2.78. The summed E-state index contributed by atoms with van der Waals surface area (Å²) >= 11 is 0. The van der Waals surface area contributed by atoms with Crippen LogP contribution in [0, 0.1) is 5.92 Å². The molecule has 0 bridgehead atoms. The number of piperidine rings is 1. The first-order valence-electron chi connectivity index (χ1n) is 7.97. The summed E-state index contributed by atoms with van der Waals surface area (Å²) in [6.07, 6.45) is 6.75. The van der Waals surface area contributed by atoms with Crippen molar-refractivity contribution in [3.05, 3.63) is 35.4 Å². The molecule has 3 unspecified atom stereocenters. The second-order valence-corrected chi connectivity index (χ2v) is 6.50. The number of fused-ring (bicyclic) bond motifs is 2. The van der Waals surface area contributed by atoms with Crippen LogP contribution in [0.4, 0.5) is 0 Å². The monoisotopic (exact) mass is 256 g/mol. The SMILES string of the molecule is c1ccc2c(c1)CCCC2N1CCC2NCCC2C1. The minimum Gasteiger partial charge on any atom is -0.314 e. The van der Waals surface area contributed by atoms with Gasteiger partial charge in [-0.2, -0.15) is 0 Å². The van der Waals surface area contributed by atoms with E-state index < -0.39 is 0 Å². The van der Waals surface area contributed by atoms with Crippen LogP contribution in [0.3, 0.4) is 0 Å². The third-order valence-corrected chi connectivity index (χ3v) is 5.47. The Morgan fingerprint density at radius 3 is 3.05 bits per heavy atom. The maximum absolute atomic E-state index is 3.67. The molecule has 19 heavy (non-hydrogen) atoms. The zero-order valence-corrected chi connectivity index (χ0v) is 11.6. The molecule has 102 valence electrons. The molecular formula is C17H24N2. The summed E-state index contributed by atoms with van der Waals surface area (Å²) < 4.78 is 0. The van der Waals surface area contributed by atoms with E-state index in [0.717, 1.165) is 12.0 Å². The maximum atomic E-state index is 3.67. The van der Waals surface area contributed by atoms with Crippen molar-refractivity contribution < 1.29 is 0 Å². The van der Waals surface area contributed by atoms with Crippen LogP contribution >= 0.6 is 0 Å². The Morgan fingerprint density at radius 2 is 2.05 bits per heavy atom. The largest absolute Gasteiger partial charge is 0.314 e. The number of rotatable bonds is 1. The van der Waals surface area contributed by atoms with Crippen LogP contribution in [0.5, 0.6) is 0 Å². The van der Waals surface area contributed by atoms with E-state index in [1.54, 1.807) is 11.1 Å². The molecule has 0 amide bonds. The van der Waals surface area contributed by atoms with Gasteiger partial charge in [0.05, 0.1) is 0 Å². The highest BCUT2D eigenvalue weighted by Gasteiger charge is 2.36. The van der Waals surface area contributed by atoms with Crippen molar-refractivity contribution in [1.82, 2.24) is 10.2 Å². The van der Waals surface area contributed by atoms with Gasteiger partial charge in [0.2, 0.25) is 0 Å². The van der Waals surface area contributed by atoms with Crippen molar-refractivity contribution in [2.45, 2.75) is 44.2 Å². The van der Waals surface area contributed by atoms with Crippen LogP contribution in [-0.4, -0.2) is 30.6 Å². The van der Waals surface area contributed by atoms with Gasteiger partial charge in [0.15, 0.2) is 0 Å². The minimum atomic E-state index is 0.700. The molecule has 0 radical (unpaired) electrons. The molecule has 1 N–H and O–H groups in total. The van der Waals surface area contributed by atoms with E-state index in [9.17, 15) is 0 Å². The molecule has 2 aliphatic heterocycles. The molecule has 2 heterocycles. The number of benzene rings is 1. The first-order chi connectivity index (χ1) is 9.42. The van der Waals surface area contributed by atoms with Crippen LogP contribution in [0.1, 0.15) is 42.9 Å². The van der Waals surface area contributed by atoms with Crippen molar-refractivity contribution in [3.8, 4) is 0 Å². The smallest absolute Gasteiger partial charge is 0.0351 e. The summed E-state index contributed by atoms with van der Waals surface area (Å²) in [5.41, 5.74) is 3.23. The fourth-order valence-electron chi connectivity index (χ4n) is 4.47. The predicted molar refractivity (Wildman–Crippen MR) is 78.2 cm³/mol. The lowest BCUT2D eigenvalue weighted by Gasteiger charge is -2.42. The normalized spacial score (nSPS) is 34.8. The molecule has 2 heteroatoms. The Bertz CT molecular complexity index is 456. The zero-order valence-electron chi connectivity index (χ0n) is 11.6. The topological polar surface area (TPSA) is 15.3 Å². The second-order valence-electron chi connectivity index (χ2n) is 6.50. The molecule has 2 saturated heterocycles. The maximum Gasteiger partial charge on any atom is 0.0351 e. The summed E-state index contributed by atoms with van der Waals surface area (Å²) in [6, 6.07) is 10.7. The lowest BCUT2D eigenvalue weighted by Crippen LogP contribution is -2.46. The molecule has 2 nitrogen and oxygen atoms in total. The van der Waals surface area contributed by atoms with Gasteiger partial charge in [-0.1, -0.05) is 24.3 Å². The Morgan fingerprint density at radius 1 is 1.11 bits per heavy atom. The van der Waals surface area contributed by atoms with Gasteiger partial charge in [-0.15, -0.1) is 0 Å². The quantitative estimate of drug-likeness (QED) is 0.831. The number of nitrogens with one attached hydrogen (secondary N) is 1. The highest BCUT2D eigenvalue weighted by atomic mass is 15.2. The highest BCUT2D eigenvalue weighted by molar-refractivity contribution is 5.32. The molecular weight excluding hydrogens is 232 g/mol. The van der Waals surface area contributed by atoms with Crippen LogP contribution < -0.4 is 5.32 Å². The molecule has 0 saturated carbocycles. The highest BCUT2D eigenvalue weighted by Crippen LogP contribution is 2.37. The third kappa shape index (κ3) is 2.11. The molecule has 3 aliphatic rings. The second kappa shape index (κ2) is 4.92. The van der Waals surface area contributed by atoms with Gasteiger partial charge in [-0.25, -0.2) is 0 Å². The lowest BCUT2D eigenvalue weighted by atomic mass is 9.84. The van der Waals surface area contributed by atoms with Crippen molar-refractivity contribution in [2.75, 3.05) is 19.6 Å². The van der Waals surface area contributed by atoms with E-state index in [-0.39, 0.29) is 0 Å². The van der Waals surface area contributed by atoms with E-state index in [2.05, 4.69) is 34.5 Å². The van der Waals surface area contributed by atoms with Gasteiger partial charge in [0.25, 0.3) is 0 Å². The van der Waals surface area contributed by atoms with Crippen LogP contribution in [0.15, 0.2) is 24.3 Å². The van der Waals surface area contributed by atoms with Crippen LogP contribution in [0.25, 0.3) is 0 Å². The van der Waals surface area contributed by atoms with E-state index in [0.29, 0.717) is 6.04 Å². The molecule has 1 aromatic rings. The molecule has 1 aromatic carbocycles. The summed E-state index contributed by atoms with van der Waals surface area (Å²) in [7, 11) is 0. The van der Waals surface area contributed by atoms with E-state index in [1.165, 1.54) is 51.7 Å². The van der Waals surface area contributed by atoms with Gasteiger partial charge in [0, 0.05) is 25.2 Å². The fraction of sp³-hybridized carbons (Fsp3) is 0.647. The van der Waals surface area contributed by atoms with E-state index >= 15 is 0 Å². The Labute approximate surface area is 116 Å². The number of hydrogen-bond acceptors (Lipinski definition) is 2. The lowest BCUT2D eigenvalue weighted by molar-refractivity contribution is 0.104. The summed E-state index contributed by atoms with van der Waals surface area (Å²) in [6.45, 7) is 3.84. The average Bonchev–Trinajstić information content (AvgIpc) is 2.94. The minimum absolute atomic E-state index is 0.700. The third-order valence-electron chi connectivity index (χ3n) is 5.47. The van der Waals surface area contributed by atoms with E-state index in [1.807, 2.05) is 0 Å². The van der Waals surface area contributed by atoms with Crippen molar-refractivity contribution >= 4 is 0 Å². The van der Waals surface area contributed by atoms with Crippen molar-refractivity contribution in [1.29, 1.82) is 0 Å². The Balaban J connectivity index is 1.57. The summed E-state index contributed by atoms with van der Waals surface area (Å²) in [5, 5.41) is 3.67. The van der Waals surface area contributed by atoms with Gasteiger partial charge in [0.1, 0.15) is 0 Å². The predicted octanol–water partition coefficient (Wildman–Crippen LogP) is 2.75. The number of aryl methyl sites for hydroxylation is 1. The van der Waals surface area contributed by atoms with Crippen molar-refractivity contribution in [3.63, 3.8) is 0 Å². The van der Waals surface area contributed by atoms with E-state index in [4.69, 9.17) is 0 Å². The molecule has 0 aromatic heterocycles. The number of nitrogens with zero attached hydrogens (tertiary/aromatic N) is 1. The van der Waals surface area contributed by atoms with Crippen LogP contribution in [0.2, 0.25) is 0 Å². The first kappa shape index (κ1) is 11.9. The van der Waals surface area contributed by atoms with Crippen molar-refractivity contribution in [2.24, 2.45) is 5.92 Å². The Hall–Kier alpha value is -0.860. The first-order valence-corrected chi connectivity index (χ1v) is 7.97. The number of likely N-dealkylation sites (tertiary alicyclic amines) is 1. The van der Waals surface area contributed by atoms with Crippen LogP contribution in [-0.2, 0) is 6.42 Å². The zero-order chi connectivity index (χ0) is 12.7. The fourth-order valence-corrected chi connectivity index (χ4v) is 4.47. The average molecular weight is 256 g/mol. The molecule has 0 spiro atoms. The van der Waals surface area contributed by atoms with Gasteiger partial charge < -0.3 is 5.32 Å². The molecule has 3 atom stereocenters. The van der Waals surface area contributed by atoms with Gasteiger partial charge in [-0.05, 0) is 55.7 Å². The van der Waals surface area contributed by atoms with Gasteiger partial charge in [-0.3, -0.25) is 4.90 Å². The standard InChI is InChI=1S/C17H24N2/c1-2-6-15-13(4-1)5-3-7-17(15)19-11-9-16-14(12-19)8-10-18-16/h1-2,4,6,14,16-18H,3,5,7-12H2. The molecule has 1 aliphatic carbocycles. The number of hydrogen-bond donors (Lipinski definition) is 1. The molecule has 2 fully saturated rings. The van der Waals surface area contributed by atoms with Gasteiger partial charge >= 0.3 is 0 Å². The Kier molecular flexibility index (Phi) is 3.08. The summed E-state index contributed by atoms with van der Waals surface area (Å²) in [5.74, 6) is 0.905. The molecule has 4 rings (SSSR count).